The summed E-state index contributed by atoms with van der Waals surface area (Å²) in [6.07, 6.45) is 2.62. The summed E-state index contributed by atoms with van der Waals surface area (Å²) in [5.41, 5.74) is 2.24. The van der Waals surface area contributed by atoms with Gasteiger partial charge >= 0.3 is 0 Å². The molecule has 1 aliphatic rings. The summed E-state index contributed by atoms with van der Waals surface area (Å²) in [6.45, 7) is 2.65. The fourth-order valence-electron chi connectivity index (χ4n) is 3.98. The van der Waals surface area contributed by atoms with E-state index >= 15 is 0 Å². The van der Waals surface area contributed by atoms with E-state index in [0.29, 0.717) is 24.0 Å². The first kappa shape index (κ1) is 17.1. The summed E-state index contributed by atoms with van der Waals surface area (Å²) in [6, 6.07) is 7.77. The summed E-state index contributed by atoms with van der Waals surface area (Å²) in [7, 11) is 1.55. The number of likely N-dealkylation sites (tertiary alicyclic amines) is 1. The van der Waals surface area contributed by atoms with Crippen LogP contribution in [0.1, 0.15) is 17.3 Å². The van der Waals surface area contributed by atoms with Gasteiger partial charge in [0.2, 0.25) is 5.88 Å². The lowest BCUT2D eigenvalue weighted by Crippen LogP contribution is -2.45. The SMILES string of the molecule is COc1ccc(F)c2nnc(CCN3CC(c4c[nH]c5cc(F)ccc45)C3)n12. The van der Waals surface area contributed by atoms with Crippen LogP contribution in [0.4, 0.5) is 8.78 Å². The Kier molecular flexibility index (Phi) is 4.01. The number of benzene rings is 1. The smallest absolute Gasteiger partial charge is 0.200 e. The summed E-state index contributed by atoms with van der Waals surface area (Å²) < 4.78 is 34.2. The average Bonchev–Trinajstić information content (AvgIpc) is 3.26. The highest BCUT2D eigenvalue weighted by molar-refractivity contribution is 5.84. The van der Waals surface area contributed by atoms with Gasteiger partial charge in [-0.25, -0.2) is 13.2 Å². The predicted octanol–water partition coefficient (Wildman–Crippen LogP) is 3.14. The molecule has 1 saturated heterocycles. The maximum atomic E-state index is 13.9. The van der Waals surface area contributed by atoms with Crippen LogP contribution in [0.2, 0.25) is 0 Å². The summed E-state index contributed by atoms with van der Waals surface area (Å²) in [4.78, 5) is 5.48. The van der Waals surface area contributed by atoms with E-state index in [4.69, 9.17) is 4.74 Å². The van der Waals surface area contributed by atoms with Gasteiger partial charge in [0.1, 0.15) is 11.6 Å². The molecule has 0 amide bonds. The van der Waals surface area contributed by atoms with Crippen molar-refractivity contribution in [1.82, 2.24) is 24.5 Å². The lowest BCUT2D eigenvalue weighted by molar-refractivity contribution is 0.150. The first-order valence-electron chi connectivity index (χ1n) is 9.19. The Morgan fingerprint density at radius 2 is 2.04 bits per heavy atom. The Hall–Kier alpha value is -3.00. The number of H-pyrrole nitrogens is 1. The molecule has 0 saturated carbocycles. The summed E-state index contributed by atoms with van der Waals surface area (Å²) >= 11 is 0. The third-order valence-corrected chi connectivity index (χ3v) is 5.47. The number of nitrogens with zero attached hydrogens (tertiary/aromatic N) is 4. The highest BCUT2D eigenvalue weighted by Crippen LogP contribution is 2.32. The molecular weight excluding hydrogens is 364 g/mol. The first-order chi connectivity index (χ1) is 13.6. The molecule has 0 bridgehead atoms. The van der Waals surface area contributed by atoms with Crippen molar-refractivity contribution in [2.24, 2.45) is 0 Å². The fourth-order valence-corrected chi connectivity index (χ4v) is 3.98. The van der Waals surface area contributed by atoms with E-state index in [1.54, 1.807) is 17.6 Å². The third kappa shape index (κ3) is 2.72. The zero-order chi connectivity index (χ0) is 19.3. The van der Waals surface area contributed by atoms with E-state index in [0.717, 1.165) is 30.5 Å². The number of halogens is 2. The van der Waals surface area contributed by atoms with Crippen molar-refractivity contribution >= 4 is 16.6 Å². The molecule has 1 fully saturated rings. The van der Waals surface area contributed by atoms with E-state index in [1.165, 1.54) is 23.8 Å². The fraction of sp³-hybridized carbons (Fsp3) is 0.300. The molecule has 28 heavy (non-hydrogen) atoms. The Bertz CT molecular complexity index is 1160. The van der Waals surface area contributed by atoms with Gasteiger partial charge in [-0.15, -0.1) is 10.2 Å². The minimum atomic E-state index is -0.417. The molecule has 0 unspecified atom stereocenters. The van der Waals surface area contributed by atoms with Gasteiger partial charge in [-0.05, 0) is 29.8 Å². The highest BCUT2D eigenvalue weighted by Gasteiger charge is 2.30. The number of aromatic nitrogens is 4. The van der Waals surface area contributed by atoms with Crippen LogP contribution in [0, 0.1) is 11.6 Å². The summed E-state index contributed by atoms with van der Waals surface area (Å²) in [5.74, 6) is 0.963. The Morgan fingerprint density at radius 3 is 2.86 bits per heavy atom. The van der Waals surface area contributed by atoms with Crippen molar-refractivity contribution < 1.29 is 13.5 Å². The van der Waals surface area contributed by atoms with Crippen molar-refractivity contribution in [1.29, 1.82) is 0 Å². The number of pyridine rings is 1. The zero-order valence-electron chi connectivity index (χ0n) is 15.3. The minimum Gasteiger partial charge on any atom is -0.482 e. The maximum Gasteiger partial charge on any atom is 0.200 e. The molecule has 8 heteroatoms. The summed E-state index contributed by atoms with van der Waals surface area (Å²) in [5, 5.41) is 9.17. The van der Waals surface area contributed by atoms with Crippen LogP contribution in [-0.4, -0.2) is 51.2 Å². The molecule has 0 atom stereocenters. The van der Waals surface area contributed by atoms with Crippen LogP contribution >= 0.6 is 0 Å². The Labute approximate surface area is 159 Å². The van der Waals surface area contributed by atoms with Gasteiger partial charge in [0, 0.05) is 55.1 Å². The van der Waals surface area contributed by atoms with Crippen molar-refractivity contribution in [3.8, 4) is 5.88 Å². The number of hydrogen-bond donors (Lipinski definition) is 1. The van der Waals surface area contributed by atoms with Crippen LogP contribution in [0.5, 0.6) is 5.88 Å². The van der Waals surface area contributed by atoms with E-state index < -0.39 is 5.82 Å². The van der Waals surface area contributed by atoms with Gasteiger partial charge in [-0.2, -0.15) is 0 Å². The number of fused-ring (bicyclic) bond motifs is 2. The molecule has 0 spiro atoms. The average molecular weight is 383 g/mol. The topological polar surface area (TPSA) is 58.5 Å². The quantitative estimate of drug-likeness (QED) is 0.575. The number of hydrogen-bond acceptors (Lipinski definition) is 4. The minimum absolute atomic E-state index is 0.182. The lowest BCUT2D eigenvalue weighted by Gasteiger charge is -2.39. The molecule has 1 aromatic carbocycles. The van der Waals surface area contributed by atoms with Crippen LogP contribution < -0.4 is 4.74 Å². The van der Waals surface area contributed by atoms with Gasteiger partial charge in [-0.3, -0.25) is 0 Å². The molecule has 3 aromatic heterocycles. The third-order valence-electron chi connectivity index (χ3n) is 5.47. The highest BCUT2D eigenvalue weighted by atomic mass is 19.1. The van der Waals surface area contributed by atoms with E-state index in [9.17, 15) is 8.78 Å². The van der Waals surface area contributed by atoms with Crippen LogP contribution in [0.3, 0.4) is 0 Å². The molecule has 1 aliphatic heterocycles. The molecule has 6 nitrogen and oxygen atoms in total. The van der Waals surface area contributed by atoms with Gasteiger partial charge in [-0.1, -0.05) is 0 Å². The molecular formula is C20H19F2N5O. The Morgan fingerprint density at radius 1 is 1.18 bits per heavy atom. The normalized spacial score (nSPS) is 15.4. The Balaban J connectivity index is 1.27. The van der Waals surface area contributed by atoms with Gasteiger partial charge in [0.05, 0.1) is 7.11 Å². The van der Waals surface area contributed by atoms with Crippen LogP contribution in [0.15, 0.2) is 36.5 Å². The van der Waals surface area contributed by atoms with Crippen molar-refractivity contribution in [3.63, 3.8) is 0 Å². The molecule has 144 valence electrons. The van der Waals surface area contributed by atoms with E-state index in [1.807, 2.05) is 12.3 Å². The molecule has 0 aliphatic carbocycles. The van der Waals surface area contributed by atoms with Crippen LogP contribution in [0.25, 0.3) is 16.6 Å². The van der Waals surface area contributed by atoms with Crippen LogP contribution in [-0.2, 0) is 6.42 Å². The van der Waals surface area contributed by atoms with Gasteiger partial charge in [0.25, 0.3) is 0 Å². The molecule has 0 radical (unpaired) electrons. The number of ether oxygens (including phenoxy) is 1. The number of methoxy groups -OCH3 is 1. The number of aromatic amines is 1. The maximum absolute atomic E-state index is 13.9. The number of nitrogens with one attached hydrogen (secondary N) is 1. The lowest BCUT2D eigenvalue weighted by atomic mass is 9.91. The zero-order valence-corrected chi connectivity index (χ0v) is 15.3. The van der Waals surface area contributed by atoms with Crippen molar-refractivity contribution in [2.45, 2.75) is 12.3 Å². The standard InChI is InChI=1S/C20H19F2N5O/c1-28-19-5-4-16(22)20-25-24-18(27(19)20)6-7-26-10-12(11-26)15-9-23-17-8-13(21)2-3-14(15)17/h2-5,8-9,12,23H,6-7,10-11H2,1H3. The van der Waals surface area contributed by atoms with E-state index in [2.05, 4.69) is 20.1 Å². The number of rotatable bonds is 5. The molecule has 4 aromatic rings. The second-order valence-electron chi connectivity index (χ2n) is 7.14. The largest absolute Gasteiger partial charge is 0.482 e. The van der Waals surface area contributed by atoms with Gasteiger partial charge < -0.3 is 14.6 Å². The predicted molar refractivity (Wildman–Crippen MR) is 101 cm³/mol. The first-order valence-corrected chi connectivity index (χ1v) is 9.19. The van der Waals surface area contributed by atoms with Crippen molar-refractivity contribution in [2.75, 3.05) is 26.7 Å². The van der Waals surface area contributed by atoms with Gasteiger partial charge in [0.15, 0.2) is 11.5 Å². The molecule has 1 N–H and O–H groups in total. The molecule has 4 heterocycles. The second kappa shape index (κ2) is 6.56. The second-order valence-corrected chi connectivity index (χ2v) is 7.14. The van der Waals surface area contributed by atoms with E-state index in [-0.39, 0.29) is 11.5 Å². The monoisotopic (exact) mass is 383 g/mol. The van der Waals surface area contributed by atoms with Crippen molar-refractivity contribution in [3.05, 3.63) is 59.6 Å². The molecule has 5 rings (SSSR count).